The van der Waals surface area contributed by atoms with Crippen molar-refractivity contribution in [1.82, 2.24) is 15.0 Å². The molecule has 6 heteroatoms. The molecule has 0 saturated heterocycles. The lowest BCUT2D eigenvalue weighted by Crippen LogP contribution is -2.14. The molecule has 115 valence electrons. The molecule has 0 aliphatic rings. The average Bonchev–Trinajstić information content (AvgIpc) is 2.67. The lowest BCUT2D eigenvalue weighted by Gasteiger charge is -2.07. The van der Waals surface area contributed by atoms with Gasteiger partial charge in [-0.05, 0) is 30.3 Å². The summed E-state index contributed by atoms with van der Waals surface area (Å²) in [6.07, 6.45) is 7.33. The molecule has 0 bridgehead atoms. The van der Waals surface area contributed by atoms with E-state index in [0.29, 0.717) is 0 Å². The van der Waals surface area contributed by atoms with E-state index in [1.54, 1.807) is 30.6 Å². The fraction of sp³-hybridized carbons (Fsp3) is 0. The van der Waals surface area contributed by atoms with Crippen molar-refractivity contribution < 1.29 is 14.4 Å². The van der Waals surface area contributed by atoms with Crippen molar-refractivity contribution in [1.29, 1.82) is 0 Å². The van der Waals surface area contributed by atoms with E-state index in [4.69, 9.17) is 0 Å². The predicted octanol–water partition coefficient (Wildman–Crippen LogP) is 1.79. The van der Waals surface area contributed by atoms with Gasteiger partial charge in [0.05, 0.1) is 5.56 Å². The zero-order valence-electron chi connectivity index (χ0n) is 12.3. The van der Waals surface area contributed by atoms with Crippen LogP contribution in [0, 0.1) is 0 Å². The van der Waals surface area contributed by atoms with Gasteiger partial charge in [0.1, 0.15) is 11.4 Å². The second-order valence-electron chi connectivity index (χ2n) is 4.80. The van der Waals surface area contributed by atoms with E-state index in [1.807, 2.05) is 0 Å². The highest BCUT2D eigenvalue weighted by molar-refractivity contribution is 6.17. The Labute approximate surface area is 137 Å². The Balaban J connectivity index is 2.09. The van der Waals surface area contributed by atoms with Crippen LogP contribution < -0.4 is 0 Å². The number of nitrogens with zero attached hydrogens (tertiary/aromatic N) is 3. The minimum absolute atomic E-state index is 0.0333. The lowest BCUT2D eigenvalue weighted by molar-refractivity contribution is 0.103. The van der Waals surface area contributed by atoms with Crippen LogP contribution in [-0.2, 0) is 4.79 Å². The number of carbonyl (C=O) groups excluding carboxylic acids is 3. The molecule has 6 nitrogen and oxygen atoms in total. The fourth-order valence-corrected chi connectivity index (χ4v) is 2.20. The number of carbonyl (C=O) groups is 2. The maximum absolute atomic E-state index is 12.5. The van der Waals surface area contributed by atoms with Gasteiger partial charge in [-0.25, -0.2) is 0 Å². The molecule has 3 rings (SSSR count). The summed E-state index contributed by atoms with van der Waals surface area (Å²) in [6.45, 7) is 0. The molecule has 0 amide bonds. The molecule has 0 N–H and O–H groups in total. The molecular weight excluding hydrogens is 306 g/mol. The minimum atomic E-state index is -0.503. The van der Waals surface area contributed by atoms with Crippen LogP contribution in [0.15, 0.2) is 61.2 Å². The van der Waals surface area contributed by atoms with E-state index in [2.05, 4.69) is 15.0 Å². The van der Waals surface area contributed by atoms with Gasteiger partial charge < -0.3 is 0 Å². The first kappa shape index (κ1) is 15.4. The van der Waals surface area contributed by atoms with Crippen molar-refractivity contribution >= 4 is 17.9 Å². The van der Waals surface area contributed by atoms with Gasteiger partial charge in [0.15, 0.2) is 0 Å². The monoisotopic (exact) mass is 316 g/mol. The van der Waals surface area contributed by atoms with E-state index in [0.717, 1.165) is 0 Å². The highest BCUT2D eigenvalue weighted by Crippen LogP contribution is 2.17. The first-order valence-electron chi connectivity index (χ1n) is 7.00. The van der Waals surface area contributed by atoms with E-state index in [-0.39, 0.29) is 28.1 Å². The van der Waals surface area contributed by atoms with Crippen LogP contribution in [0.4, 0.5) is 0 Å². The summed E-state index contributed by atoms with van der Waals surface area (Å²) >= 11 is 0. The van der Waals surface area contributed by atoms with Gasteiger partial charge in [-0.15, -0.1) is 0 Å². The summed E-state index contributed by atoms with van der Waals surface area (Å²) in [5, 5.41) is 0. The Kier molecular flexibility index (Phi) is 4.29. The first-order valence-corrected chi connectivity index (χ1v) is 7.00. The van der Waals surface area contributed by atoms with Crippen LogP contribution >= 0.6 is 0 Å². The van der Waals surface area contributed by atoms with Crippen LogP contribution in [-0.4, -0.2) is 32.8 Å². The van der Waals surface area contributed by atoms with Crippen molar-refractivity contribution in [3.05, 3.63) is 89.3 Å². The van der Waals surface area contributed by atoms with Crippen LogP contribution in [0.2, 0.25) is 0 Å². The maximum atomic E-state index is 12.5. The second-order valence-corrected chi connectivity index (χ2v) is 4.80. The molecule has 0 saturated carbocycles. The zero-order chi connectivity index (χ0) is 16.9. The summed E-state index contributed by atoms with van der Waals surface area (Å²) in [4.78, 5) is 48.3. The molecule has 24 heavy (non-hydrogen) atoms. The summed E-state index contributed by atoms with van der Waals surface area (Å²) in [5.41, 5.74) is 0.150. The maximum Gasteiger partial charge on any atom is 0.236 e. The van der Waals surface area contributed by atoms with Crippen LogP contribution in [0.5, 0.6) is 0 Å². The van der Waals surface area contributed by atoms with Crippen LogP contribution in [0.25, 0.3) is 0 Å². The van der Waals surface area contributed by atoms with Gasteiger partial charge in [0.25, 0.3) is 0 Å². The molecule has 0 atom stereocenters. The Bertz CT molecular complexity index is 840. The van der Waals surface area contributed by atoms with Gasteiger partial charge >= 0.3 is 0 Å². The number of aromatic nitrogens is 3. The summed E-state index contributed by atoms with van der Waals surface area (Å²) in [6, 6.07) is 9.39. The number of ketones is 2. The highest BCUT2D eigenvalue weighted by atomic mass is 16.1. The predicted molar refractivity (Wildman–Crippen MR) is 84.4 cm³/mol. The van der Waals surface area contributed by atoms with Gasteiger partial charge in [0, 0.05) is 35.9 Å². The lowest BCUT2D eigenvalue weighted by atomic mass is 9.98. The highest BCUT2D eigenvalue weighted by Gasteiger charge is 2.23. The molecule has 0 aliphatic carbocycles. The van der Waals surface area contributed by atoms with Gasteiger partial charge in [-0.2, -0.15) is 0 Å². The molecule has 0 aromatic carbocycles. The number of pyridine rings is 3. The van der Waals surface area contributed by atoms with Crippen molar-refractivity contribution in [3.63, 3.8) is 0 Å². The molecule has 3 aromatic heterocycles. The van der Waals surface area contributed by atoms with Gasteiger partial charge in [-0.3, -0.25) is 29.3 Å². The molecule has 0 spiro atoms. The molecule has 0 unspecified atom stereocenters. The summed E-state index contributed by atoms with van der Waals surface area (Å²) in [5.74, 6) is -0.978. The summed E-state index contributed by atoms with van der Waals surface area (Å²) < 4.78 is 0. The van der Waals surface area contributed by atoms with Gasteiger partial charge in [0.2, 0.25) is 17.9 Å². The number of hydrogen-bond donors (Lipinski definition) is 0. The summed E-state index contributed by atoms with van der Waals surface area (Å²) in [7, 11) is 0. The molecule has 3 aromatic rings. The number of rotatable bonds is 5. The third kappa shape index (κ3) is 2.85. The molecule has 0 fully saturated rings. The van der Waals surface area contributed by atoms with Crippen molar-refractivity contribution in [2.75, 3.05) is 0 Å². The second kappa shape index (κ2) is 6.70. The molecule has 3 heterocycles. The van der Waals surface area contributed by atoms with Crippen LogP contribution in [0.1, 0.15) is 37.7 Å². The average molecular weight is 316 g/mol. The topological polar surface area (TPSA) is 89.9 Å². The molecule has 0 aliphatic heterocycles. The molecular formula is C18H10N3O3. The normalized spacial score (nSPS) is 10.2. The van der Waals surface area contributed by atoms with Crippen molar-refractivity contribution in [2.45, 2.75) is 0 Å². The SMILES string of the molecule is O=[C]c1c(C(=O)c2ccccn2)ccnc1C(=O)c1cccnc1. The standard InChI is InChI=1S/C18H10N3O3/c22-11-14-13(18(24)15-5-1-2-8-20-15)6-9-21-16(14)17(23)12-4-3-7-19-10-12/h1-10H. The Morgan fingerprint density at radius 3 is 2.42 bits per heavy atom. The van der Waals surface area contributed by atoms with E-state index < -0.39 is 11.6 Å². The third-order valence-electron chi connectivity index (χ3n) is 3.33. The van der Waals surface area contributed by atoms with E-state index >= 15 is 0 Å². The quantitative estimate of drug-likeness (QED) is 0.667. The van der Waals surface area contributed by atoms with Crippen LogP contribution in [0.3, 0.4) is 0 Å². The van der Waals surface area contributed by atoms with Gasteiger partial charge in [-0.1, -0.05) is 6.07 Å². The van der Waals surface area contributed by atoms with Crippen molar-refractivity contribution in [3.8, 4) is 0 Å². The Morgan fingerprint density at radius 1 is 0.875 bits per heavy atom. The van der Waals surface area contributed by atoms with Crippen molar-refractivity contribution in [2.24, 2.45) is 0 Å². The first-order chi connectivity index (χ1) is 11.7. The largest absolute Gasteiger partial charge is 0.287 e. The Morgan fingerprint density at radius 2 is 1.75 bits per heavy atom. The van der Waals surface area contributed by atoms with E-state index in [1.165, 1.54) is 36.9 Å². The smallest absolute Gasteiger partial charge is 0.236 e. The van der Waals surface area contributed by atoms with E-state index in [9.17, 15) is 14.4 Å². The molecule has 1 radical (unpaired) electrons. The number of hydrogen-bond acceptors (Lipinski definition) is 6. The third-order valence-corrected chi connectivity index (χ3v) is 3.33. The Hall–Kier alpha value is -3.54. The minimum Gasteiger partial charge on any atom is -0.287 e. The fourth-order valence-electron chi connectivity index (χ4n) is 2.20. The zero-order valence-corrected chi connectivity index (χ0v) is 12.3.